The molecule has 0 aliphatic rings. The van der Waals surface area contributed by atoms with Crippen molar-refractivity contribution in [2.45, 2.75) is 18.4 Å². The molecule has 0 aromatic heterocycles. The number of nitrogens with zero attached hydrogens (tertiary/aromatic N) is 1. The summed E-state index contributed by atoms with van der Waals surface area (Å²) in [4.78, 5) is -0.178. The molecule has 0 unspecified atom stereocenters. The lowest BCUT2D eigenvalue weighted by atomic mass is 10.1. The number of aryl methyl sites for hydroxylation is 1. The van der Waals surface area contributed by atoms with Crippen molar-refractivity contribution in [1.29, 1.82) is 0 Å². The van der Waals surface area contributed by atoms with Crippen LogP contribution in [0.2, 0.25) is 5.02 Å². The van der Waals surface area contributed by atoms with Crippen molar-refractivity contribution < 1.29 is 13.0 Å². The highest BCUT2D eigenvalue weighted by molar-refractivity contribution is 7.85. The molecule has 3 rings (SSSR count). The minimum atomic E-state index is -4.27. The van der Waals surface area contributed by atoms with E-state index in [1.165, 1.54) is 23.4 Å². The molecular formula is C22H24ClNO3S. The van der Waals surface area contributed by atoms with Crippen LogP contribution in [-0.4, -0.2) is 27.1 Å². The van der Waals surface area contributed by atoms with E-state index in [0.717, 1.165) is 21.6 Å². The van der Waals surface area contributed by atoms with E-state index in [1.807, 2.05) is 25.1 Å². The van der Waals surface area contributed by atoms with Gasteiger partial charge in [0.25, 0.3) is 0 Å². The number of hydrogen-bond donors (Lipinski definition) is 0. The third-order valence-corrected chi connectivity index (χ3v) is 5.36. The lowest BCUT2D eigenvalue weighted by Gasteiger charge is -2.29. The smallest absolute Gasteiger partial charge is 0.132 e. The lowest BCUT2D eigenvalue weighted by molar-refractivity contribution is 0.392. The zero-order chi connectivity index (χ0) is 20.8. The maximum absolute atomic E-state index is 10.4. The molecule has 0 aliphatic heterocycles. The summed E-state index contributed by atoms with van der Waals surface area (Å²) in [5.74, 6) is 0. The van der Waals surface area contributed by atoms with E-state index in [1.54, 1.807) is 12.1 Å². The topological polar surface area (TPSA) is 57.2 Å². The molecule has 0 N–H and O–H groups in total. The Kier molecular flexibility index (Phi) is 7.38. The zero-order valence-corrected chi connectivity index (χ0v) is 17.7. The maximum atomic E-state index is 10.4. The SMILES string of the molecule is C[N+](C)(Cc1ccc(Cl)cc1)c1ccccc1.Cc1ccc(S(=O)(=O)[O-])cc1. The Balaban J connectivity index is 0.000000221. The van der Waals surface area contributed by atoms with Crippen LogP contribution in [0.5, 0.6) is 0 Å². The van der Waals surface area contributed by atoms with Crippen molar-refractivity contribution in [3.63, 3.8) is 0 Å². The van der Waals surface area contributed by atoms with Crippen LogP contribution in [0.3, 0.4) is 0 Å². The third-order valence-electron chi connectivity index (χ3n) is 4.26. The molecule has 0 radical (unpaired) electrons. The summed E-state index contributed by atoms with van der Waals surface area (Å²) in [6, 6.07) is 24.4. The molecule has 0 amide bonds. The van der Waals surface area contributed by atoms with Crippen LogP contribution in [0.1, 0.15) is 11.1 Å². The fraction of sp³-hybridized carbons (Fsp3) is 0.182. The Bertz CT molecular complexity index is 984. The van der Waals surface area contributed by atoms with Crippen LogP contribution in [0.4, 0.5) is 5.69 Å². The van der Waals surface area contributed by atoms with Crippen LogP contribution in [0.15, 0.2) is 83.8 Å². The first-order valence-electron chi connectivity index (χ1n) is 8.73. The van der Waals surface area contributed by atoms with Gasteiger partial charge < -0.3 is 4.55 Å². The maximum Gasteiger partial charge on any atom is 0.132 e. The Hall–Kier alpha value is -2.18. The molecule has 0 spiro atoms. The Morgan fingerprint density at radius 3 is 1.89 bits per heavy atom. The van der Waals surface area contributed by atoms with Crippen LogP contribution in [-0.2, 0) is 16.7 Å². The monoisotopic (exact) mass is 417 g/mol. The van der Waals surface area contributed by atoms with Gasteiger partial charge in [-0.15, -0.1) is 0 Å². The number of benzene rings is 3. The van der Waals surface area contributed by atoms with Crippen molar-refractivity contribution >= 4 is 27.4 Å². The summed E-state index contributed by atoms with van der Waals surface area (Å²) in [6.45, 7) is 2.78. The van der Waals surface area contributed by atoms with E-state index in [2.05, 4.69) is 50.5 Å². The van der Waals surface area contributed by atoms with Crippen molar-refractivity contribution in [2.24, 2.45) is 0 Å². The van der Waals surface area contributed by atoms with Crippen LogP contribution in [0.25, 0.3) is 0 Å². The molecule has 0 fully saturated rings. The fourth-order valence-corrected chi connectivity index (χ4v) is 3.27. The van der Waals surface area contributed by atoms with Gasteiger partial charge in [0.1, 0.15) is 22.4 Å². The molecule has 0 heterocycles. The highest BCUT2D eigenvalue weighted by atomic mass is 35.5. The molecule has 4 nitrogen and oxygen atoms in total. The molecular weight excluding hydrogens is 394 g/mol. The average Bonchev–Trinajstić information content (AvgIpc) is 2.64. The second kappa shape index (κ2) is 9.34. The predicted octanol–water partition coefficient (Wildman–Crippen LogP) is 5.01. The van der Waals surface area contributed by atoms with Crippen LogP contribution >= 0.6 is 11.6 Å². The van der Waals surface area contributed by atoms with Gasteiger partial charge in [0.05, 0.1) is 19.0 Å². The first kappa shape index (κ1) is 22.1. The van der Waals surface area contributed by atoms with E-state index < -0.39 is 10.1 Å². The fourth-order valence-electron chi connectivity index (χ4n) is 2.67. The molecule has 0 saturated heterocycles. The van der Waals surface area contributed by atoms with Gasteiger partial charge in [0.2, 0.25) is 0 Å². The van der Waals surface area contributed by atoms with Gasteiger partial charge in [-0.25, -0.2) is 8.42 Å². The normalized spacial score (nSPS) is 11.5. The summed E-state index contributed by atoms with van der Waals surface area (Å²) >= 11 is 5.89. The summed E-state index contributed by atoms with van der Waals surface area (Å²) in [5.41, 5.74) is 3.53. The lowest BCUT2D eigenvalue weighted by Crippen LogP contribution is -2.39. The minimum absolute atomic E-state index is 0.178. The highest BCUT2D eigenvalue weighted by Gasteiger charge is 2.18. The Morgan fingerprint density at radius 1 is 0.857 bits per heavy atom. The molecule has 0 bridgehead atoms. The largest absolute Gasteiger partial charge is 0.744 e. The molecule has 148 valence electrons. The Labute approximate surface area is 172 Å². The van der Waals surface area contributed by atoms with Gasteiger partial charge in [-0.3, -0.25) is 4.48 Å². The van der Waals surface area contributed by atoms with Gasteiger partial charge in [-0.1, -0.05) is 59.6 Å². The van der Waals surface area contributed by atoms with Crippen molar-refractivity contribution in [2.75, 3.05) is 14.1 Å². The zero-order valence-electron chi connectivity index (χ0n) is 16.2. The highest BCUT2D eigenvalue weighted by Crippen LogP contribution is 2.22. The number of rotatable bonds is 4. The van der Waals surface area contributed by atoms with E-state index in [0.29, 0.717) is 0 Å². The molecule has 28 heavy (non-hydrogen) atoms. The first-order valence-corrected chi connectivity index (χ1v) is 10.5. The number of quaternary nitrogens is 1. The summed E-state index contributed by atoms with van der Waals surface area (Å²) in [6.07, 6.45) is 0. The average molecular weight is 418 g/mol. The quantitative estimate of drug-likeness (QED) is 0.443. The molecule has 3 aromatic rings. The number of hydrogen-bond acceptors (Lipinski definition) is 3. The summed E-state index contributed by atoms with van der Waals surface area (Å²) in [7, 11) is 0.155. The second-order valence-corrected chi connectivity index (χ2v) is 8.89. The van der Waals surface area contributed by atoms with Crippen molar-refractivity contribution in [1.82, 2.24) is 4.48 Å². The van der Waals surface area contributed by atoms with Crippen molar-refractivity contribution in [3.8, 4) is 0 Å². The standard InChI is InChI=1S/C15H17ClN.C7H8O3S/c1-17(2,15-6-4-3-5-7-15)12-13-8-10-14(16)11-9-13;1-6-2-4-7(5-3-6)11(8,9)10/h3-11H,12H2,1-2H3;2-5H,1H3,(H,8,9,10)/q+1;/p-1. The molecule has 0 atom stereocenters. The molecule has 0 saturated carbocycles. The second-order valence-electron chi connectivity index (χ2n) is 7.07. The van der Waals surface area contributed by atoms with Crippen molar-refractivity contribution in [3.05, 3.63) is 95.0 Å². The van der Waals surface area contributed by atoms with Crippen LogP contribution in [0, 0.1) is 6.92 Å². The minimum Gasteiger partial charge on any atom is -0.744 e. The third kappa shape index (κ3) is 6.77. The van der Waals surface area contributed by atoms with Gasteiger partial charge in [-0.2, -0.15) is 0 Å². The van der Waals surface area contributed by atoms with Gasteiger partial charge >= 0.3 is 0 Å². The van der Waals surface area contributed by atoms with Gasteiger partial charge in [0, 0.05) is 10.6 Å². The first-order chi connectivity index (χ1) is 13.1. The summed E-state index contributed by atoms with van der Waals surface area (Å²) < 4.78 is 32.0. The Morgan fingerprint density at radius 2 is 1.39 bits per heavy atom. The summed E-state index contributed by atoms with van der Waals surface area (Å²) in [5, 5.41) is 0.791. The number of para-hydroxylation sites is 1. The van der Waals surface area contributed by atoms with Crippen LogP contribution < -0.4 is 4.48 Å². The van der Waals surface area contributed by atoms with Gasteiger partial charge in [0.15, 0.2) is 0 Å². The van der Waals surface area contributed by atoms with E-state index in [9.17, 15) is 13.0 Å². The van der Waals surface area contributed by atoms with E-state index in [4.69, 9.17) is 11.6 Å². The molecule has 0 aliphatic carbocycles. The number of halogens is 1. The molecule has 6 heteroatoms. The van der Waals surface area contributed by atoms with Gasteiger partial charge in [-0.05, 0) is 43.3 Å². The predicted molar refractivity (Wildman–Crippen MR) is 114 cm³/mol. The van der Waals surface area contributed by atoms with E-state index >= 15 is 0 Å². The van der Waals surface area contributed by atoms with E-state index in [-0.39, 0.29) is 4.90 Å². The molecule has 3 aromatic carbocycles.